The predicted octanol–water partition coefficient (Wildman–Crippen LogP) is 14.6. The second-order valence-corrected chi connectivity index (χ2v) is 18.2. The van der Waals surface area contributed by atoms with Crippen LogP contribution < -0.4 is 0 Å². The Hall–Kier alpha value is -7.73. The van der Waals surface area contributed by atoms with E-state index in [1.165, 1.54) is 11.1 Å². The number of aromatic nitrogens is 3. The zero-order valence-electron chi connectivity index (χ0n) is 35.8. The zero-order valence-corrected chi connectivity index (χ0v) is 35.8. The predicted molar refractivity (Wildman–Crippen MR) is 256 cm³/mol. The molecule has 0 fully saturated rings. The third-order valence-corrected chi connectivity index (χ3v) is 12.3. The van der Waals surface area contributed by atoms with Gasteiger partial charge in [0.2, 0.25) is 0 Å². The fourth-order valence-electron chi connectivity index (χ4n) is 9.20. The summed E-state index contributed by atoms with van der Waals surface area (Å²) in [5, 5.41) is 26.2. The van der Waals surface area contributed by atoms with E-state index in [0.717, 1.165) is 83.1 Å². The molecule has 10 aromatic rings. The highest BCUT2D eigenvalue weighted by atomic mass is 15.1. The minimum atomic E-state index is -0.0726. The van der Waals surface area contributed by atoms with Gasteiger partial charge in [-0.2, -0.15) is 10.5 Å². The molecule has 0 aliphatic heterocycles. The summed E-state index contributed by atoms with van der Waals surface area (Å²) in [6, 6.07) is 62.0. The standard InChI is InChI=1S/C57H45N5/c1-56(2,3)39-28-30-49-44(32-39)41-23-13-15-26-47(41)61(49)54-52(43-25-17-22-38(34-58)46(43)35-59)51(36-18-9-7-10-19-36)55(60-53(54)37-20-11-8-12-21-37)62-48-27-16-14-24-42(48)45-33-40(57(4,5)6)29-31-50(45)62/h7-33H,1-6H3. The average Bonchev–Trinajstić information content (AvgIpc) is 3.80. The van der Waals surface area contributed by atoms with Gasteiger partial charge in [0.15, 0.2) is 0 Å². The van der Waals surface area contributed by atoms with Gasteiger partial charge in [-0.3, -0.25) is 4.57 Å². The molecule has 0 aliphatic carbocycles. The van der Waals surface area contributed by atoms with E-state index in [1.807, 2.05) is 24.3 Å². The molecule has 62 heavy (non-hydrogen) atoms. The lowest BCUT2D eigenvalue weighted by Gasteiger charge is -2.26. The zero-order chi connectivity index (χ0) is 42.9. The monoisotopic (exact) mass is 799 g/mol. The molecule has 0 amide bonds. The van der Waals surface area contributed by atoms with Crippen LogP contribution in [0.3, 0.4) is 0 Å². The van der Waals surface area contributed by atoms with E-state index >= 15 is 0 Å². The fourth-order valence-corrected chi connectivity index (χ4v) is 9.20. The number of hydrogen-bond acceptors (Lipinski definition) is 3. The van der Waals surface area contributed by atoms with Crippen molar-refractivity contribution in [2.24, 2.45) is 0 Å². The van der Waals surface area contributed by atoms with Gasteiger partial charge in [0.25, 0.3) is 0 Å². The van der Waals surface area contributed by atoms with E-state index in [4.69, 9.17) is 4.98 Å². The van der Waals surface area contributed by atoms with Gasteiger partial charge in [0, 0.05) is 43.8 Å². The van der Waals surface area contributed by atoms with Crippen LogP contribution in [0.25, 0.3) is 88.6 Å². The van der Waals surface area contributed by atoms with Crippen LogP contribution in [-0.4, -0.2) is 14.1 Å². The van der Waals surface area contributed by atoms with Gasteiger partial charge < -0.3 is 4.57 Å². The molecule has 0 radical (unpaired) electrons. The van der Waals surface area contributed by atoms with E-state index < -0.39 is 0 Å². The van der Waals surface area contributed by atoms with E-state index in [1.54, 1.807) is 6.07 Å². The quantitative estimate of drug-likeness (QED) is 0.174. The molecule has 0 spiro atoms. The molecule has 0 unspecified atom stereocenters. The molecular weight excluding hydrogens is 755 g/mol. The van der Waals surface area contributed by atoms with Crippen LogP contribution in [0.5, 0.6) is 0 Å². The van der Waals surface area contributed by atoms with Gasteiger partial charge >= 0.3 is 0 Å². The van der Waals surface area contributed by atoms with E-state index in [0.29, 0.717) is 16.7 Å². The summed E-state index contributed by atoms with van der Waals surface area (Å²) in [5.74, 6) is 0.727. The van der Waals surface area contributed by atoms with Crippen LogP contribution in [0.15, 0.2) is 164 Å². The van der Waals surface area contributed by atoms with Gasteiger partial charge in [-0.1, -0.05) is 163 Å². The summed E-state index contributed by atoms with van der Waals surface area (Å²) >= 11 is 0. The summed E-state index contributed by atoms with van der Waals surface area (Å²) in [5.41, 5.74) is 12.8. The highest BCUT2D eigenvalue weighted by Gasteiger charge is 2.31. The average molecular weight is 800 g/mol. The Balaban J connectivity index is 1.50. The molecule has 10 rings (SSSR count). The van der Waals surface area contributed by atoms with E-state index in [-0.39, 0.29) is 10.8 Å². The Morgan fingerprint density at radius 3 is 1.50 bits per heavy atom. The lowest BCUT2D eigenvalue weighted by Crippen LogP contribution is -2.12. The van der Waals surface area contributed by atoms with Gasteiger partial charge in [-0.25, -0.2) is 4.98 Å². The number of fused-ring (bicyclic) bond motifs is 6. The normalized spacial score (nSPS) is 12.0. The number of nitriles is 2. The highest BCUT2D eigenvalue weighted by Crippen LogP contribution is 2.50. The maximum Gasteiger partial charge on any atom is 0.147 e. The smallest absolute Gasteiger partial charge is 0.147 e. The van der Waals surface area contributed by atoms with Crippen molar-refractivity contribution in [3.8, 4) is 57.2 Å². The third kappa shape index (κ3) is 6.08. The topological polar surface area (TPSA) is 70.3 Å². The number of benzene rings is 7. The Labute approximate surface area is 362 Å². The number of rotatable bonds is 5. The maximum absolute atomic E-state index is 11.1. The van der Waals surface area contributed by atoms with E-state index in [9.17, 15) is 10.5 Å². The van der Waals surface area contributed by atoms with Crippen LogP contribution in [0.4, 0.5) is 0 Å². The summed E-state index contributed by atoms with van der Waals surface area (Å²) in [7, 11) is 0. The molecule has 5 nitrogen and oxygen atoms in total. The second kappa shape index (κ2) is 14.5. The Morgan fingerprint density at radius 2 is 0.952 bits per heavy atom. The highest BCUT2D eigenvalue weighted by molar-refractivity contribution is 6.13. The van der Waals surface area contributed by atoms with Crippen molar-refractivity contribution in [3.05, 3.63) is 186 Å². The van der Waals surface area contributed by atoms with Crippen molar-refractivity contribution in [2.75, 3.05) is 0 Å². The lowest BCUT2D eigenvalue weighted by atomic mass is 9.86. The summed E-state index contributed by atoms with van der Waals surface area (Å²) in [4.78, 5) is 5.94. The van der Waals surface area contributed by atoms with Crippen LogP contribution in [0.1, 0.15) is 63.8 Å². The third-order valence-electron chi connectivity index (χ3n) is 12.3. The number of nitrogens with zero attached hydrogens (tertiary/aromatic N) is 5. The molecule has 7 aromatic carbocycles. The molecule has 0 aliphatic rings. The molecule has 0 N–H and O–H groups in total. The molecule has 0 bridgehead atoms. The Bertz CT molecular complexity index is 3490. The molecule has 298 valence electrons. The minimum Gasteiger partial charge on any atom is -0.306 e. The summed E-state index contributed by atoms with van der Waals surface area (Å²) in [6.07, 6.45) is 0. The van der Waals surface area contributed by atoms with Crippen molar-refractivity contribution >= 4 is 43.6 Å². The van der Waals surface area contributed by atoms with Crippen LogP contribution in [0.2, 0.25) is 0 Å². The molecule has 0 saturated heterocycles. The SMILES string of the molecule is CC(C)(C)c1ccc2c(c1)c1ccccc1n2-c1nc(-c2ccccc2)c(-n2c3ccccc3c3cc(C(C)(C)C)ccc32)c(-c2cccc(C#N)c2C#N)c1-c1ccccc1. The first-order valence-electron chi connectivity index (χ1n) is 21.2. The number of para-hydroxylation sites is 2. The first kappa shape index (κ1) is 38.5. The second-order valence-electron chi connectivity index (χ2n) is 18.2. The van der Waals surface area contributed by atoms with Gasteiger partial charge in [-0.15, -0.1) is 0 Å². The molecule has 0 atom stereocenters. The van der Waals surface area contributed by atoms with Crippen LogP contribution >= 0.6 is 0 Å². The first-order chi connectivity index (χ1) is 30.0. The summed E-state index contributed by atoms with van der Waals surface area (Å²) < 4.78 is 4.65. The van der Waals surface area contributed by atoms with Crippen molar-refractivity contribution in [1.29, 1.82) is 10.5 Å². The van der Waals surface area contributed by atoms with Crippen molar-refractivity contribution in [1.82, 2.24) is 14.1 Å². The Morgan fingerprint density at radius 1 is 0.452 bits per heavy atom. The summed E-state index contributed by atoms with van der Waals surface area (Å²) in [6.45, 7) is 13.5. The molecule has 0 saturated carbocycles. The van der Waals surface area contributed by atoms with Gasteiger partial charge in [-0.05, 0) is 70.0 Å². The van der Waals surface area contributed by atoms with Crippen molar-refractivity contribution in [3.63, 3.8) is 0 Å². The molecular formula is C57H45N5. The Kier molecular flexibility index (Phi) is 8.98. The lowest BCUT2D eigenvalue weighted by molar-refractivity contribution is 0.591. The van der Waals surface area contributed by atoms with Crippen molar-refractivity contribution in [2.45, 2.75) is 52.4 Å². The van der Waals surface area contributed by atoms with E-state index in [2.05, 4.69) is 196 Å². The number of hydrogen-bond donors (Lipinski definition) is 0. The fraction of sp³-hybridized carbons (Fsp3) is 0.140. The largest absolute Gasteiger partial charge is 0.306 e. The molecule has 3 aromatic heterocycles. The van der Waals surface area contributed by atoms with Gasteiger partial charge in [0.1, 0.15) is 18.0 Å². The first-order valence-corrected chi connectivity index (χ1v) is 21.2. The molecule has 3 heterocycles. The van der Waals surface area contributed by atoms with Crippen molar-refractivity contribution < 1.29 is 0 Å². The van der Waals surface area contributed by atoms with Crippen LogP contribution in [-0.2, 0) is 10.8 Å². The van der Waals surface area contributed by atoms with Gasteiger partial charge in [0.05, 0.1) is 44.6 Å². The number of pyridine rings is 1. The molecule has 5 heteroatoms. The maximum atomic E-state index is 11.1. The van der Waals surface area contributed by atoms with Crippen LogP contribution in [0, 0.1) is 22.7 Å². The minimum absolute atomic E-state index is 0.0600.